The van der Waals surface area contributed by atoms with Gasteiger partial charge in [-0.15, -0.1) is 0 Å². The van der Waals surface area contributed by atoms with Gasteiger partial charge in [0.25, 0.3) is 0 Å². The molecule has 0 amide bonds. The quantitative estimate of drug-likeness (QED) is 0.878. The van der Waals surface area contributed by atoms with Crippen molar-refractivity contribution in [2.24, 2.45) is 0 Å². The van der Waals surface area contributed by atoms with Gasteiger partial charge in [0.1, 0.15) is 5.82 Å². The summed E-state index contributed by atoms with van der Waals surface area (Å²) in [6.45, 7) is 9.44. The number of rotatable bonds is 5. The van der Waals surface area contributed by atoms with E-state index in [4.69, 9.17) is 0 Å². The molecule has 0 aliphatic carbocycles. The average Bonchev–Trinajstić information content (AvgIpc) is 2.92. The minimum absolute atomic E-state index is 0.0923. The van der Waals surface area contributed by atoms with Gasteiger partial charge in [0.2, 0.25) is 0 Å². The maximum atomic E-state index is 13.7. The number of halogens is 1. The van der Waals surface area contributed by atoms with Gasteiger partial charge in [-0.3, -0.25) is 4.90 Å². The summed E-state index contributed by atoms with van der Waals surface area (Å²) in [6.07, 6.45) is 2.33. The molecule has 2 atom stereocenters. The fraction of sp³-hybridized carbons (Fsp3) is 0.625. The van der Waals surface area contributed by atoms with E-state index < -0.39 is 0 Å². The first-order valence-electron chi connectivity index (χ1n) is 7.36. The number of nitrogens with one attached hydrogen (secondary N) is 1. The summed E-state index contributed by atoms with van der Waals surface area (Å²) in [5.74, 6) is -0.0923. The van der Waals surface area contributed by atoms with Crippen LogP contribution in [0.1, 0.15) is 43.9 Å². The van der Waals surface area contributed by atoms with Crippen molar-refractivity contribution in [2.45, 2.75) is 45.7 Å². The van der Waals surface area contributed by atoms with E-state index in [1.807, 2.05) is 13.0 Å². The molecule has 3 heteroatoms. The largest absolute Gasteiger partial charge is 0.315 e. The van der Waals surface area contributed by atoms with Gasteiger partial charge in [0.15, 0.2) is 0 Å². The van der Waals surface area contributed by atoms with E-state index in [-0.39, 0.29) is 11.9 Å². The summed E-state index contributed by atoms with van der Waals surface area (Å²) in [5, 5.41) is 3.42. The van der Waals surface area contributed by atoms with Gasteiger partial charge in [0.05, 0.1) is 0 Å². The molecule has 2 nitrogen and oxygen atoms in total. The predicted octanol–water partition coefficient (Wildman–Crippen LogP) is 3.27. The Morgan fingerprint density at radius 1 is 1.47 bits per heavy atom. The van der Waals surface area contributed by atoms with Gasteiger partial charge in [0, 0.05) is 18.6 Å². The van der Waals surface area contributed by atoms with Crippen molar-refractivity contribution >= 4 is 0 Å². The fourth-order valence-corrected chi connectivity index (χ4v) is 2.93. The highest BCUT2D eigenvalue weighted by Crippen LogP contribution is 2.26. The third kappa shape index (κ3) is 3.34. The molecule has 1 N–H and O–H groups in total. The van der Waals surface area contributed by atoms with Crippen molar-refractivity contribution in [3.8, 4) is 0 Å². The number of hydrogen-bond donors (Lipinski definition) is 1. The Morgan fingerprint density at radius 3 is 2.84 bits per heavy atom. The van der Waals surface area contributed by atoms with Crippen LogP contribution < -0.4 is 5.32 Å². The zero-order valence-corrected chi connectivity index (χ0v) is 12.2. The average molecular weight is 264 g/mol. The standard InChI is InChI=1S/C16H25FN2/c1-4-9-19(15-7-8-18-11-15)13(3)14-6-5-12(2)16(17)10-14/h5-6,10,13,15,18H,4,7-9,11H2,1-3H3. The third-order valence-corrected chi connectivity index (χ3v) is 4.16. The zero-order valence-electron chi connectivity index (χ0n) is 12.2. The number of benzene rings is 1. The van der Waals surface area contributed by atoms with E-state index >= 15 is 0 Å². The molecule has 0 aromatic heterocycles. The highest BCUT2D eigenvalue weighted by Gasteiger charge is 2.26. The minimum Gasteiger partial charge on any atom is -0.315 e. The van der Waals surface area contributed by atoms with Gasteiger partial charge < -0.3 is 5.32 Å². The van der Waals surface area contributed by atoms with Crippen molar-refractivity contribution < 1.29 is 4.39 Å². The molecular weight excluding hydrogens is 239 g/mol. The van der Waals surface area contributed by atoms with Crippen LogP contribution in [0.3, 0.4) is 0 Å². The first kappa shape index (κ1) is 14.5. The molecule has 0 radical (unpaired) electrons. The molecule has 1 aromatic rings. The summed E-state index contributed by atoms with van der Waals surface area (Å²) < 4.78 is 13.7. The summed E-state index contributed by atoms with van der Waals surface area (Å²) in [5.41, 5.74) is 1.81. The van der Waals surface area contributed by atoms with E-state index in [1.54, 1.807) is 6.07 Å². The predicted molar refractivity (Wildman–Crippen MR) is 77.8 cm³/mol. The molecule has 1 aromatic carbocycles. The smallest absolute Gasteiger partial charge is 0.126 e. The van der Waals surface area contributed by atoms with Crippen LogP contribution in [0, 0.1) is 12.7 Å². The Bertz CT molecular complexity index is 413. The van der Waals surface area contributed by atoms with Crippen LogP contribution in [-0.4, -0.2) is 30.6 Å². The van der Waals surface area contributed by atoms with Gasteiger partial charge in [-0.25, -0.2) is 4.39 Å². The van der Waals surface area contributed by atoms with Gasteiger partial charge >= 0.3 is 0 Å². The van der Waals surface area contributed by atoms with Crippen molar-refractivity contribution in [3.05, 3.63) is 35.1 Å². The lowest BCUT2D eigenvalue weighted by Gasteiger charge is -2.34. The third-order valence-electron chi connectivity index (χ3n) is 4.16. The molecule has 1 aliphatic rings. The first-order chi connectivity index (χ1) is 9.13. The first-order valence-corrected chi connectivity index (χ1v) is 7.36. The Kier molecular flexibility index (Phi) is 4.94. The molecule has 1 saturated heterocycles. The van der Waals surface area contributed by atoms with Gasteiger partial charge in [-0.05, 0) is 57.0 Å². The second-order valence-electron chi connectivity index (χ2n) is 5.57. The summed E-state index contributed by atoms with van der Waals surface area (Å²) >= 11 is 0. The van der Waals surface area contributed by atoms with E-state index in [1.165, 1.54) is 6.42 Å². The van der Waals surface area contributed by atoms with Gasteiger partial charge in [-0.1, -0.05) is 19.1 Å². The van der Waals surface area contributed by atoms with Crippen LogP contribution in [-0.2, 0) is 0 Å². The molecule has 1 aliphatic heterocycles. The lowest BCUT2D eigenvalue weighted by atomic mass is 10.0. The van der Waals surface area contributed by atoms with Crippen LogP contribution in [0.15, 0.2) is 18.2 Å². The molecule has 0 bridgehead atoms. The molecule has 106 valence electrons. The molecule has 1 fully saturated rings. The van der Waals surface area contributed by atoms with Crippen molar-refractivity contribution in [1.29, 1.82) is 0 Å². The van der Waals surface area contributed by atoms with Crippen LogP contribution in [0.25, 0.3) is 0 Å². The lowest BCUT2D eigenvalue weighted by Crippen LogP contribution is -2.39. The van der Waals surface area contributed by atoms with Crippen molar-refractivity contribution in [3.63, 3.8) is 0 Å². The number of hydrogen-bond acceptors (Lipinski definition) is 2. The van der Waals surface area contributed by atoms with Crippen LogP contribution in [0.4, 0.5) is 4.39 Å². The molecule has 2 rings (SSSR count). The second-order valence-corrected chi connectivity index (χ2v) is 5.57. The highest BCUT2D eigenvalue weighted by atomic mass is 19.1. The highest BCUT2D eigenvalue weighted by molar-refractivity contribution is 5.25. The lowest BCUT2D eigenvalue weighted by molar-refractivity contribution is 0.153. The molecule has 0 saturated carbocycles. The maximum absolute atomic E-state index is 13.7. The van der Waals surface area contributed by atoms with E-state index in [2.05, 4.69) is 30.1 Å². The fourth-order valence-electron chi connectivity index (χ4n) is 2.93. The number of nitrogens with zero attached hydrogens (tertiary/aromatic N) is 1. The molecule has 1 heterocycles. The van der Waals surface area contributed by atoms with E-state index in [9.17, 15) is 4.39 Å². The Labute approximate surface area is 116 Å². The molecule has 2 unspecified atom stereocenters. The van der Waals surface area contributed by atoms with Crippen molar-refractivity contribution in [1.82, 2.24) is 10.2 Å². The summed E-state index contributed by atoms with van der Waals surface area (Å²) in [6, 6.07) is 6.51. The Morgan fingerprint density at radius 2 is 2.26 bits per heavy atom. The Hall–Kier alpha value is -0.930. The maximum Gasteiger partial charge on any atom is 0.126 e. The van der Waals surface area contributed by atoms with Crippen molar-refractivity contribution in [2.75, 3.05) is 19.6 Å². The topological polar surface area (TPSA) is 15.3 Å². The zero-order chi connectivity index (χ0) is 13.8. The van der Waals surface area contributed by atoms with Gasteiger partial charge in [-0.2, -0.15) is 0 Å². The normalized spacial score (nSPS) is 21.0. The SMILES string of the molecule is CCCN(C1CCNC1)C(C)c1ccc(C)c(F)c1. The molecule has 0 spiro atoms. The van der Waals surface area contributed by atoms with Crippen LogP contribution >= 0.6 is 0 Å². The van der Waals surface area contributed by atoms with E-state index in [0.717, 1.165) is 37.2 Å². The Balaban J connectivity index is 2.17. The van der Waals surface area contributed by atoms with E-state index in [0.29, 0.717) is 6.04 Å². The van der Waals surface area contributed by atoms with Crippen LogP contribution in [0.2, 0.25) is 0 Å². The summed E-state index contributed by atoms with van der Waals surface area (Å²) in [4.78, 5) is 2.52. The number of aryl methyl sites for hydroxylation is 1. The molecule has 19 heavy (non-hydrogen) atoms. The summed E-state index contributed by atoms with van der Waals surface area (Å²) in [7, 11) is 0. The van der Waals surface area contributed by atoms with Crippen LogP contribution in [0.5, 0.6) is 0 Å². The molecular formula is C16H25FN2. The minimum atomic E-state index is -0.0923. The second kappa shape index (κ2) is 6.49. The monoisotopic (exact) mass is 264 g/mol.